The molecule has 0 fully saturated rings. The Bertz CT molecular complexity index is 2310. The maximum Gasteiger partial charge on any atom is 0.306 e. The highest BCUT2D eigenvalue weighted by molar-refractivity contribution is 7.99. The Morgan fingerprint density at radius 1 is 0.557 bits per heavy atom. The first-order chi connectivity index (χ1) is 42.9. The molecule has 88 heavy (non-hydrogen) atoms. The molecule has 0 aliphatic rings. The molecule has 2 heterocycles. The highest BCUT2D eigenvalue weighted by Gasteiger charge is 2.21. The number of esters is 2. The highest BCUT2D eigenvalue weighted by Crippen LogP contribution is 2.26. The molecule has 3 rings (SSSR count). The van der Waals surface area contributed by atoms with E-state index >= 15 is 0 Å². The summed E-state index contributed by atoms with van der Waals surface area (Å²) < 4.78 is 13.0. The summed E-state index contributed by atoms with van der Waals surface area (Å²) >= 11 is 1.43. The minimum Gasteiger partial charge on any atom is -0.480 e. The Labute approximate surface area is 533 Å². The van der Waals surface area contributed by atoms with Gasteiger partial charge in [0.15, 0.2) is 17.0 Å². The molecule has 2 aromatic heterocycles. The molecule has 20 nitrogen and oxygen atoms in total. The molecular formula is C67H118N12O8S. The van der Waals surface area contributed by atoms with Crippen molar-refractivity contribution in [3.8, 4) is 6.01 Å². The molecule has 2 atom stereocenters. The molecule has 0 aliphatic carbocycles. The van der Waals surface area contributed by atoms with E-state index in [9.17, 15) is 29.1 Å². The van der Waals surface area contributed by atoms with Gasteiger partial charge in [-0.05, 0) is 88.8 Å². The van der Waals surface area contributed by atoms with Gasteiger partial charge in [0.05, 0.1) is 19.1 Å². The largest absolute Gasteiger partial charge is 0.480 e. The third-order valence-corrected chi connectivity index (χ3v) is 16.9. The number of nitrogens with two attached hydrogens (primary N) is 2. The number of aromatic nitrogens is 4. The summed E-state index contributed by atoms with van der Waals surface area (Å²) in [5.74, 6) is -0.154. The SMILES string of the molecule is CCCCCCCCCCCCCCCC(=O)OC[C@@H](CSC[C@H](N)C(=O)NCCCNCCCCNCCCNC(=O)CNC(=O)c1ccc(Cn2c(O)nc3c(N)nc(NCCCC)nc32)cc1)OC(=O)CCCCCCCCCCCCCCC. The molecule has 500 valence electrons. The number of carbonyl (C=O) groups excluding carboxylic acids is 5. The van der Waals surface area contributed by atoms with Gasteiger partial charge in [0.25, 0.3) is 11.9 Å². The molecule has 0 aliphatic heterocycles. The monoisotopic (exact) mass is 1250 g/mol. The molecule has 21 heteroatoms. The zero-order chi connectivity index (χ0) is 63.5. The van der Waals surface area contributed by atoms with Crippen LogP contribution in [-0.4, -0.2) is 137 Å². The number of imidazole rings is 1. The summed E-state index contributed by atoms with van der Waals surface area (Å²) in [4.78, 5) is 76.7. The van der Waals surface area contributed by atoms with E-state index in [1.54, 1.807) is 24.3 Å². The van der Waals surface area contributed by atoms with Gasteiger partial charge in [-0.2, -0.15) is 26.7 Å². The van der Waals surface area contributed by atoms with Crippen molar-refractivity contribution in [3.05, 3.63) is 35.4 Å². The maximum absolute atomic E-state index is 13.0. The molecule has 3 amide bonds. The van der Waals surface area contributed by atoms with Crippen LogP contribution in [0, 0.1) is 0 Å². The van der Waals surface area contributed by atoms with Crippen molar-refractivity contribution < 1.29 is 38.6 Å². The van der Waals surface area contributed by atoms with Gasteiger partial charge in [0.2, 0.25) is 17.8 Å². The van der Waals surface area contributed by atoms with Crippen molar-refractivity contribution in [1.82, 2.24) is 46.1 Å². The Morgan fingerprint density at radius 2 is 1.06 bits per heavy atom. The summed E-state index contributed by atoms with van der Waals surface area (Å²) in [6, 6.07) is 5.89. The van der Waals surface area contributed by atoms with Crippen LogP contribution in [0.4, 0.5) is 11.8 Å². The van der Waals surface area contributed by atoms with Crippen LogP contribution < -0.4 is 43.4 Å². The van der Waals surface area contributed by atoms with E-state index in [-0.39, 0.29) is 61.2 Å². The first kappa shape index (κ1) is 77.0. The Kier molecular flexibility index (Phi) is 45.0. The average Bonchev–Trinajstić information content (AvgIpc) is 3.58. The number of fused-ring (bicyclic) bond motifs is 1. The van der Waals surface area contributed by atoms with Gasteiger partial charge in [-0.1, -0.05) is 193 Å². The summed E-state index contributed by atoms with van der Waals surface area (Å²) in [6.07, 6.45) is 37.7. The fraction of sp³-hybridized carbons (Fsp3) is 0.761. The van der Waals surface area contributed by atoms with Crippen molar-refractivity contribution in [2.75, 3.05) is 81.5 Å². The molecule has 0 saturated heterocycles. The van der Waals surface area contributed by atoms with E-state index in [0.717, 1.165) is 109 Å². The second-order valence-electron chi connectivity index (χ2n) is 23.7. The number of carbonyl (C=O) groups is 5. The van der Waals surface area contributed by atoms with Gasteiger partial charge in [0, 0.05) is 49.5 Å². The minimum atomic E-state index is -0.724. The number of rotatable bonds is 58. The summed E-state index contributed by atoms with van der Waals surface area (Å²) in [7, 11) is 0. The Hall–Kier alpha value is -5.25. The topological polar surface area (TPSA) is 292 Å². The second-order valence-corrected chi connectivity index (χ2v) is 24.8. The van der Waals surface area contributed by atoms with Crippen LogP contribution >= 0.6 is 11.8 Å². The van der Waals surface area contributed by atoms with Gasteiger partial charge in [-0.15, -0.1) is 0 Å². The van der Waals surface area contributed by atoms with Gasteiger partial charge >= 0.3 is 11.9 Å². The van der Waals surface area contributed by atoms with Gasteiger partial charge < -0.3 is 57.9 Å². The summed E-state index contributed by atoms with van der Waals surface area (Å²) in [5, 5.41) is 29.0. The van der Waals surface area contributed by atoms with Crippen molar-refractivity contribution in [2.24, 2.45) is 5.73 Å². The molecule has 0 saturated carbocycles. The zero-order valence-electron chi connectivity index (χ0n) is 54.6. The quantitative estimate of drug-likeness (QED) is 0.0187. The average molecular weight is 1250 g/mol. The van der Waals surface area contributed by atoms with Crippen LogP contribution in [0.2, 0.25) is 0 Å². The van der Waals surface area contributed by atoms with Crippen molar-refractivity contribution in [2.45, 2.75) is 258 Å². The fourth-order valence-corrected chi connectivity index (χ4v) is 11.2. The van der Waals surface area contributed by atoms with Gasteiger partial charge in [0.1, 0.15) is 12.7 Å². The first-order valence-electron chi connectivity index (χ1n) is 34.4. The van der Waals surface area contributed by atoms with Crippen LogP contribution in [0.1, 0.15) is 255 Å². The summed E-state index contributed by atoms with van der Waals surface area (Å²) in [6.45, 7) is 11.6. The van der Waals surface area contributed by atoms with E-state index in [0.29, 0.717) is 66.7 Å². The van der Waals surface area contributed by atoms with E-state index in [2.05, 4.69) is 67.6 Å². The van der Waals surface area contributed by atoms with Crippen LogP contribution in [-0.2, 0) is 35.2 Å². The lowest BCUT2D eigenvalue weighted by atomic mass is 10.0. The molecule has 1 aromatic carbocycles. The normalized spacial score (nSPS) is 12.0. The summed E-state index contributed by atoms with van der Waals surface area (Å²) in [5.41, 5.74) is 14.3. The maximum atomic E-state index is 13.0. The van der Waals surface area contributed by atoms with Crippen LogP contribution in [0.3, 0.4) is 0 Å². The smallest absolute Gasteiger partial charge is 0.306 e. The number of nitrogens with one attached hydrogen (secondary N) is 6. The standard InChI is InChI=1S/C67H118N12O8S/c1-4-7-10-12-14-16-18-20-22-24-26-28-30-36-59(81)86-51-56(87-60(82)37-31-29-27-25-23-21-19-17-15-13-11-8-5-2)52-88-53-57(68)65(84)73-48-35-45-71-43-33-32-42-70-44-34-47-72-58(80)49-75-64(83)55-40-38-54(39-41-55)50-79-63-61(76-67(79)85)62(69)77-66(78-63)74-46-9-6-3/h38-41,56-57,70-71H,4-37,42-53,68H2,1-3H3,(H,72,80)(H,73,84)(H,75,83)(H,76,85)(H3,69,74,77,78)/t56-,57-/m0/s1. The molecule has 0 spiro atoms. The second kappa shape index (κ2) is 51.5. The number of unbranched alkanes of at least 4 members (excludes halogenated alkanes) is 26. The third-order valence-electron chi connectivity index (χ3n) is 15.7. The highest BCUT2D eigenvalue weighted by atomic mass is 32.2. The molecule has 11 N–H and O–H groups in total. The van der Waals surface area contributed by atoms with Crippen LogP contribution in [0.25, 0.3) is 11.2 Å². The number of thioether (sulfide) groups is 1. The Morgan fingerprint density at radius 3 is 1.60 bits per heavy atom. The molecule has 0 unspecified atom stereocenters. The predicted octanol–water partition coefficient (Wildman–Crippen LogP) is 11.6. The number of nitrogens with zero attached hydrogens (tertiary/aromatic N) is 4. The molecule has 0 bridgehead atoms. The van der Waals surface area contributed by atoms with Crippen LogP contribution in [0.5, 0.6) is 6.01 Å². The van der Waals surface area contributed by atoms with Crippen LogP contribution in [0.15, 0.2) is 24.3 Å². The number of hydrogen-bond donors (Lipinski definition) is 9. The number of anilines is 2. The third kappa shape index (κ3) is 37.7. The van der Waals surface area contributed by atoms with E-state index < -0.39 is 12.1 Å². The number of aromatic hydroxyl groups is 1. The fourth-order valence-electron chi connectivity index (χ4n) is 10.2. The number of benzene rings is 1. The lowest BCUT2D eigenvalue weighted by molar-refractivity contribution is -0.157. The number of nitrogen functional groups attached to an aromatic ring is 1. The van der Waals surface area contributed by atoms with E-state index in [1.165, 1.54) is 145 Å². The zero-order valence-corrected chi connectivity index (χ0v) is 55.5. The number of hydrogen-bond acceptors (Lipinski definition) is 17. The van der Waals surface area contributed by atoms with Crippen molar-refractivity contribution >= 4 is 64.4 Å². The van der Waals surface area contributed by atoms with Gasteiger partial charge in [-0.3, -0.25) is 28.5 Å². The van der Waals surface area contributed by atoms with Crippen molar-refractivity contribution in [3.63, 3.8) is 0 Å². The molecular weight excluding hydrogens is 1130 g/mol. The number of ether oxygens (including phenoxy) is 2. The van der Waals surface area contributed by atoms with Gasteiger partial charge in [-0.25, -0.2) is 0 Å². The first-order valence-corrected chi connectivity index (χ1v) is 35.6. The minimum absolute atomic E-state index is 0.00241. The lowest BCUT2D eigenvalue weighted by Crippen LogP contribution is -2.43. The number of amides is 3. The Balaban J connectivity index is 1.21. The molecule has 3 aromatic rings. The molecule has 0 radical (unpaired) electrons. The van der Waals surface area contributed by atoms with E-state index in [1.807, 2.05) is 0 Å². The lowest BCUT2D eigenvalue weighted by Gasteiger charge is -2.19. The predicted molar refractivity (Wildman–Crippen MR) is 360 cm³/mol. The van der Waals surface area contributed by atoms with E-state index in [4.69, 9.17) is 20.9 Å². The van der Waals surface area contributed by atoms with Crippen molar-refractivity contribution in [1.29, 1.82) is 0 Å².